The van der Waals surface area contributed by atoms with Crippen LogP contribution in [0.3, 0.4) is 0 Å². The molecule has 0 aliphatic carbocycles. The number of urea groups is 1. The van der Waals surface area contributed by atoms with E-state index in [1.54, 1.807) is 13.8 Å². The molecule has 0 unspecified atom stereocenters. The predicted octanol–water partition coefficient (Wildman–Crippen LogP) is 0.614. The highest BCUT2D eigenvalue weighted by atomic mass is 32.2. The Kier molecular flexibility index (Phi) is 6.32. The maximum absolute atomic E-state index is 11.7. The number of hydrogen-bond donors (Lipinski definition) is 3. The summed E-state index contributed by atoms with van der Waals surface area (Å²) in [7, 11) is -0.800. The first-order valence-electron chi connectivity index (χ1n) is 6.85. The minimum Gasteiger partial charge on any atom is -0.481 e. The van der Waals surface area contributed by atoms with Crippen molar-refractivity contribution in [3.05, 3.63) is 0 Å². The Labute approximate surface area is 126 Å². The number of nitrogens with one attached hydrogen (secondary N) is 2. The van der Waals surface area contributed by atoms with Crippen LogP contribution >= 0.6 is 0 Å². The molecule has 0 saturated carbocycles. The second-order valence-electron chi connectivity index (χ2n) is 6.06. The highest BCUT2D eigenvalue weighted by Gasteiger charge is 2.26. The van der Waals surface area contributed by atoms with Crippen molar-refractivity contribution >= 4 is 28.7 Å². The van der Waals surface area contributed by atoms with Gasteiger partial charge in [0.15, 0.2) is 0 Å². The number of carbonyl (C=O) groups is 3. The summed E-state index contributed by atoms with van der Waals surface area (Å²) in [6.07, 6.45) is 1.09. The zero-order valence-corrected chi connectivity index (χ0v) is 13.1. The van der Waals surface area contributed by atoms with Crippen molar-refractivity contribution in [2.45, 2.75) is 45.6 Å². The van der Waals surface area contributed by atoms with E-state index in [4.69, 9.17) is 5.11 Å². The van der Waals surface area contributed by atoms with Crippen molar-refractivity contribution in [3.8, 4) is 0 Å². The van der Waals surface area contributed by atoms with Crippen molar-refractivity contribution in [3.63, 3.8) is 0 Å². The van der Waals surface area contributed by atoms with Gasteiger partial charge >= 0.3 is 12.0 Å². The molecule has 0 aromatic rings. The van der Waals surface area contributed by atoms with E-state index in [2.05, 4.69) is 10.6 Å². The summed E-state index contributed by atoms with van der Waals surface area (Å²) in [4.78, 5) is 34.1. The highest BCUT2D eigenvalue weighted by Crippen LogP contribution is 2.24. The molecule has 0 radical (unpaired) electrons. The molecule has 3 amide bonds. The molecule has 120 valence electrons. The Bertz CT molecular complexity index is 440. The molecule has 1 fully saturated rings. The Morgan fingerprint density at radius 1 is 1.19 bits per heavy atom. The van der Waals surface area contributed by atoms with E-state index in [0.717, 1.165) is 0 Å². The first-order valence-corrected chi connectivity index (χ1v) is 8.34. The molecule has 8 heteroatoms. The van der Waals surface area contributed by atoms with Gasteiger partial charge in [-0.25, -0.2) is 4.79 Å². The summed E-state index contributed by atoms with van der Waals surface area (Å²) in [5, 5.41) is 13.6. The molecule has 1 heterocycles. The van der Waals surface area contributed by atoms with Crippen LogP contribution < -0.4 is 10.6 Å². The summed E-state index contributed by atoms with van der Waals surface area (Å²) >= 11 is 0. The van der Waals surface area contributed by atoms with Gasteiger partial charge in [0.25, 0.3) is 0 Å². The number of amides is 3. The molecule has 0 spiro atoms. The lowest BCUT2D eigenvalue weighted by Crippen LogP contribution is -2.47. The zero-order valence-electron chi connectivity index (χ0n) is 12.3. The Morgan fingerprint density at radius 3 is 2.29 bits per heavy atom. The van der Waals surface area contributed by atoms with E-state index in [9.17, 15) is 18.6 Å². The number of carbonyl (C=O) groups excluding carboxylic acids is 2. The molecule has 1 rings (SSSR count). The van der Waals surface area contributed by atoms with Crippen LogP contribution in [0.25, 0.3) is 0 Å². The van der Waals surface area contributed by atoms with E-state index in [1.807, 2.05) is 0 Å². The van der Waals surface area contributed by atoms with Gasteiger partial charge in [0.05, 0.1) is 6.42 Å². The summed E-state index contributed by atoms with van der Waals surface area (Å²) in [5.41, 5.74) is -0.710. The lowest BCUT2D eigenvalue weighted by atomic mass is 9.85. The molecule has 0 atom stereocenters. The molecule has 1 aliphatic heterocycles. The van der Waals surface area contributed by atoms with Crippen LogP contribution in [0.1, 0.15) is 39.5 Å². The summed E-state index contributed by atoms with van der Waals surface area (Å²) in [5.74, 6) is -0.361. The van der Waals surface area contributed by atoms with Crippen LogP contribution in [-0.4, -0.2) is 44.8 Å². The van der Waals surface area contributed by atoms with E-state index in [0.29, 0.717) is 24.3 Å². The number of imide groups is 1. The van der Waals surface area contributed by atoms with Gasteiger partial charge in [-0.1, -0.05) is 13.8 Å². The molecular formula is C13H22N2O5S. The van der Waals surface area contributed by atoms with Crippen LogP contribution in [0.15, 0.2) is 0 Å². The topological polar surface area (TPSA) is 113 Å². The number of rotatable bonds is 5. The monoisotopic (exact) mass is 318 g/mol. The normalized spacial score (nSPS) is 22.4. The van der Waals surface area contributed by atoms with Gasteiger partial charge in [-0.3, -0.25) is 19.1 Å². The molecule has 21 heavy (non-hydrogen) atoms. The maximum atomic E-state index is 11.7. The smallest absolute Gasteiger partial charge is 0.321 e. The maximum Gasteiger partial charge on any atom is 0.321 e. The molecule has 7 nitrogen and oxygen atoms in total. The van der Waals surface area contributed by atoms with E-state index in [1.165, 1.54) is 0 Å². The Morgan fingerprint density at radius 2 is 1.76 bits per heavy atom. The summed E-state index contributed by atoms with van der Waals surface area (Å²) in [6.45, 7) is 3.32. The third-order valence-corrected chi connectivity index (χ3v) is 4.63. The molecule has 0 aromatic heterocycles. The Hall–Kier alpha value is -1.44. The standard InChI is InChI=1S/C13H22N2O5S/c1-13(2,8-11(17)18)7-10(16)15-12(19)14-9-3-5-21(20)6-4-9/h9H,3-8H2,1-2H3,(H,17,18)(H2,14,15,16,19). The SMILES string of the molecule is CC(C)(CC(=O)O)CC(=O)NC(=O)NC1CCS(=O)CC1. The quantitative estimate of drug-likeness (QED) is 0.687. The fraction of sp³-hybridized carbons (Fsp3) is 0.769. The highest BCUT2D eigenvalue weighted by molar-refractivity contribution is 7.85. The Balaban J connectivity index is 2.35. The third-order valence-electron chi connectivity index (χ3n) is 3.25. The van der Waals surface area contributed by atoms with Gasteiger partial charge in [-0.05, 0) is 18.3 Å². The second kappa shape index (κ2) is 7.53. The third kappa shape index (κ3) is 7.22. The average Bonchev–Trinajstić information content (AvgIpc) is 2.28. The minimum absolute atomic E-state index is 0.0403. The number of carboxylic acids is 1. The lowest BCUT2D eigenvalue weighted by Gasteiger charge is -2.24. The van der Waals surface area contributed by atoms with Crippen molar-refractivity contribution in [1.82, 2.24) is 10.6 Å². The van der Waals surface area contributed by atoms with E-state index < -0.39 is 34.1 Å². The zero-order chi connectivity index (χ0) is 16.0. The van der Waals surface area contributed by atoms with Gasteiger partial charge in [0.1, 0.15) is 0 Å². The van der Waals surface area contributed by atoms with Crippen LogP contribution in [0.2, 0.25) is 0 Å². The van der Waals surface area contributed by atoms with Crippen LogP contribution in [0, 0.1) is 5.41 Å². The van der Waals surface area contributed by atoms with Gasteiger partial charge in [0, 0.05) is 34.8 Å². The van der Waals surface area contributed by atoms with Crippen LogP contribution in [-0.2, 0) is 20.4 Å². The van der Waals surface area contributed by atoms with Crippen LogP contribution in [0.4, 0.5) is 4.79 Å². The number of aliphatic carboxylic acids is 1. The fourth-order valence-corrected chi connectivity index (χ4v) is 3.54. The lowest BCUT2D eigenvalue weighted by molar-refractivity contribution is -0.139. The molecule has 1 aliphatic rings. The van der Waals surface area contributed by atoms with Crippen molar-refractivity contribution in [1.29, 1.82) is 0 Å². The predicted molar refractivity (Wildman–Crippen MR) is 78.2 cm³/mol. The van der Waals surface area contributed by atoms with Gasteiger partial charge < -0.3 is 10.4 Å². The molecule has 0 bridgehead atoms. The van der Waals surface area contributed by atoms with Gasteiger partial charge in [-0.15, -0.1) is 0 Å². The summed E-state index contributed by atoms with van der Waals surface area (Å²) in [6, 6.07) is -0.647. The second-order valence-corrected chi connectivity index (χ2v) is 7.75. The molecule has 0 aromatic carbocycles. The van der Waals surface area contributed by atoms with Crippen molar-refractivity contribution in [2.75, 3.05) is 11.5 Å². The van der Waals surface area contributed by atoms with Gasteiger partial charge in [-0.2, -0.15) is 0 Å². The molecule has 1 saturated heterocycles. The van der Waals surface area contributed by atoms with Crippen molar-refractivity contribution in [2.24, 2.45) is 5.41 Å². The van der Waals surface area contributed by atoms with Crippen LogP contribution in [0.5, 0.6) is 0 Å². The van der Waals surface area contributed by atoms with E-state index in [-0.39, 0.29) is 18.9 Å². The summed E-state index contributed by atoms with van der Waals surface area (Å²) < 4.78 is 11.2. The molecular weight excluding hydrogens is 296 g/mol. The fourth-order valence-electron chi connectivity index (χ4n) is 2.24. The minimum atomic E-state index is -0.979. The van der Waals surface area contributed by atoms with E-state index >= 15 is 0 Å². The first-order chi connectivity index (χ1) is 9.68. The number of carboxylic acid groups (broad SMARTS) is 1. The average molecular weight is 318 g/mol. The largest absolute Gasteiger partial charge is 0.481 e. The van der Waals surface area contributed by atoms with Crippen molar-refractivity contribution < 1.29 is 23.7 Å². The number of hydrogen-bond acceptors (Lipinski definition) is 4. The molecule has 3 N–H and O–H groups in total. The van der Waals surface area contributed by atoms with Gasteiger partial charge in [0.2, 0.25) is 5.91 Å². The first kappa shape index (κ1) is 17.6.